The molecule has 1 aromatic carbocycles. The number of sulfonamides is 1. The number of rotatable bonds is 7. The smallest absolute Gasteiger partial charge is 0.243 e. The molecule has 0 aromatic heterocycles. The van der Waals surface area contributed by atoms with Crippen molar-refractivity contribution in [1.82, 2.24) is 4.72 Å². The lowest BCUT2D eigenvalue weighted by Crippen LogP contribution is -2.26. The quantitative estimate of drug-likeness (QED) is 0.748. The average molecular weight is 310 g/mol. The van der Waals surface area contributed by atoms with Gasteiger partial charge < -0.3 is 5.73 Å². The fourth-order valence-electron chi connectivity index (χ4n) is 1.43. The van der Waals surface area contributed by atoms with Crippen molar-refractivity contribution in [2.75, 3.05) is 18.6 Å². The summed E-state index contributed by atoms with van der Waals surface area (Å²) in [5.41, 5.74) is 5.54. The van der Waals surface area contributed by atoms with Gasteiger partial charge in [0.1, 0.15) is 4.90 Å². The molecule has 0 aliphatic carbocycles. The highest BCUT2D eigenvalue weighted by atomic mass is 32.2. The van der Waals surface area contributed by atoms with Gasteiger partial charge in [-0.15, -0.1) is 0 Å². The molecule has 0 spiro atoms. The van der Waals surface area contributed by atoms with E-state index in [1.165, 1.54) is 0 Å². The normalized spacial score (nSPS) is 11.8. The average Bonchev–Trinajstić information content (AvgIpc) is 2.37. The van der Waals surface area contributed by atoms with Crippen LogP contribution in [0.2, 0.25) is 0 Å². The molecule has 0 aliphatic rings. The molecule has 0 saturated heterocycles. The largest absolute Gasteiger partial charge is 0.326 e. The summed E-state index contributed by atoms with van der Waals surface area (Å²) in [6.07, 6.45) is 2.51. The Hall–Kier alpha value is -0.700. The highest BCUT2D eigenvalue weighted by molar-refractivity contribution is 7.98. The summed E-state index contributed by atoms with van der Waals surface area (Å²) in [4.78, 5) is -0.697. The van der Waals surface area contributed by atoms with E-state index in [1.807, 2.05) is 6.26 Å². The van der Waals surface area contributed by atoms with E-state index in [9.17, 15) is 17.2 Å². The van der Waals surface area contributed by atoms with Crippen LogP contribution in [0.3, 0.4) is 0 Å². The molecular weight excluding hydrogens is 294 g/mol. The number of nitrogens with two attached hydrogens (primary N) is 1. The summed E-state index contributed by atoms with van der Waals surface area (Å²) in [5, 5.41) is 0. The lowest BCUT2D eigenvalue weighted by molar-refractivity contribution is 0.481. The van der Waals surface area contributed by atoms with E-state index in [0.717, 1.165) is 17.9 Å². The summed E-state index contributed by atoms with van der Waals surface area (Å²) in [7, 11) is -4.06. The molecule has 0 radical (unpaired) electrons. The molecule has 4 nitrogen and oxygen atoms in total. The van der Waals surface area contributed by atoms with E-state index in [4.69, 9.17) is 5.73 Å². The van der Waals surface area contributed by atoms with E-state index in [2.05, 4.69) is 4.72 Å². The fraction of sp³-hybridized carbons (Fsp3) is 0.455. The van der Waals surface area contributed by atoms with Crippen LogP contribution in [0.15, 0.2) is 17.0 Å². The van der Waals surface area contributed by atoms with E-state index < -0.39 is 26.6 Å². The maximum Gasteiger partial charge on any atom is 0.243 e. The molecule has 0 saturated carbocycles. The molecular formula is C11H16F2N2O2S2. The summed E-state index contributed by atoms with van der Waals surface area (Å²) in [6, 6.07) is 1.94. The van der Waals surface area contributed by atoms with E-state index in [0.29, 0.717) is 6.42 Å². The second-order valence-electron chi connectivity index (χ2n) is 3.84. The van der Waals surface area contributed by atoms with Gasteiger partial charge >= 0.3 is 0 Å². The summed E-state index contributed by atoms with van der Waals surface area (Å²) in [5.74, 6) is -1.82. The highest BCUT2D eigenvalue weighted by Gasteiger charge is 2.22. The zero-order chi connectivity index (χ0) is 14.5. The lowest BCUT2D eigenvalue weighted by atomic mass is 10.2. The second kappa shape index (κ2) is 7.18. The van der Waals surface area contributed by atoms with Crippen molar-refractivity contribution >= 4 is 21.8 Å². The maximum atomic E-state index is 13.5. The lowest BCUT2D eigenvalue weighted by Gasteiger charge is -2.09. The van der Waals surface area contributed by atoms with Crippen molar-refractivity contribution < 1.29 is 17.2 Å². The first-order valence-corrected chi connectivity index (χ1v) is 8.46. The molecule has 0 amide bonds. The van der Waals surface area contributed by atoms with Gasteiger partial charge in [-0.2, -0.15) is 11.8 Å². The first kappa shape index (κ1) is 16.4. The highest BCUT2D eigenvalue weighted by Crippen LogP contribution is 2.19. The van der Waals surface area contributed by atoms with Crippen LogP contribution < -0.4 is 10.5 Å². The zero-order valence-corrected chi connectivity index (χ0v) is 12.1. The Balaban J connectivity index is 2.97. The zero-order valence-electron chi connectivity index (χ0n) is 10.4. The van der Waals surface area contributed by atoms with Crippen molar-refractivity contribution in [3.8, 4) is 0 Å². The molecule has 0 unspecified atom stereocenters. The monoisotopic (exact) mass is 310 g/mol. The third-order valence-corrected chi connectivity index (χ3v) is 4.55. The van der Waals surface area contributed by atoms with E-state index in [1.54, 1.807) is 11.8 Å². The van der Waals surface area contributed by atoms with Crippen LogP contribution in [0.5, 0.6) is 0 Å². The van der Waals surface area contributed by atoms with Gasteiger partial charge in [-0.1, -0.05) is 0 Å². The first-order valence-electron chi connectivity index (χ1n) is 5.59. The van der Waals surface area contributed by atoms with Crippen molar-refractivity contribution in [2.45, 2.75) is 17.9 Å². The van der Waals surface area contributed by atoms with Crippen molar-refractivity contribution in [3.63, 3.8) is 0 Å². The van der Waals surface area contributed by atoms with Gasteiger partial charge in [-0.3, -0.25) is 0 Å². The van der Waals surface area contributed by atoms with Gasteiger partial charge in [-0.05, 0) is 36.1 Å². The van der Waals surface area contributed by atoms with E-state index >= 15 is 0 Å². The van der Waals surface area contributed by atoms with Gasteiger partial charge in [0.15, 0.2) is 11.6 Å². The molecule has 108 valence electrons. The molecule has 0 fully saturated rings. The number of nitrogens with one attached hydrogen (secondary N) is 1. The summed E-state index contributed by atoms with van der Waals surface area (Å²) < 4.78 is 52.8. The van der Waals surface area contributed by atoms with Crippen LogP contribution in [0.25, 0.3) is 0 Å². The van der Waals surface area contributed by atoms with Crippen molar-refractivity contribution in [1.29, 1.82) is 0 Å². The van der Waals surface area contributed by atoms with Crippen LogP contribution in [-0.4, -0.2) is 27.0 Å². The number of halogens is 2. The van der Waals surface area contributed by atoms with Crippen molar-refractivity contribution in [3.05, 3.63) is 29.3 Å². The van der Waals surface area contributed by atoms with Gasteiger partial charge in [0.05, 0.1) is 0 Å². The molecule has 0 heterocycles. The number of thioether (sulfide) groups is 1. The Morgan fingerprint density at radius 1 is 1.37 bits per heavy atom. The minimum Gasteiger partial charge on any atom is -0.326 e. The topological polar surface area (TPSA) is 72.2 Å². The van der Waals surface area contributed by atoms with Crippen molar-refractivity contribution in [2.24, 2.45) is 5.73 Å². The predicted octanol–water partition coefficient (Wildman–Crippen LogP) is 1.45. The molecule has 3 N–H and O–H groups in total. The molecule has 19 heavy (non-hydrogen) atoms. The van der Waals surface area contributed by atoms with Crippen LogP contribution in [0.4, 0.5) is 8.78 Å². The number of hydrogen-bond acceptors (Lipinski definition) is 4. The Bertz CT molecular complexity index is 536. The molecule has 0 bridgehead atoms. The number of hydrogen-bond donors (Lipinski definition) is 2. The minimum atomic E-state index is -4.06. The second-order valence-corrected chi connectivity index (χ2v) is 6.56. The Labute approximate surface area is 115 Å². The third-order valence-electron chi connectivity index (χ3n) is 2.40. The third kappa shape index (κ3) is 4.41. The molecule has 1 rings (SSSR count). The van der Waals surface area contributed by atoms with E-state index in [-0.39, 0.29) is 18.7 Å². The number of benzene rings is 1. The van der Waals surface area contributed by atoms with Crippen LogP contribution in [-0.2, 0) is 16.6 Å². The maximum absolute atomic E-state index is 13.5. The summed E-state index contributed by atoms with van der Waals surface area (Å²) >= 11 is 1.57. The minimum absolute atomic E-state index is 0.0633. The van der Waals surface area contributed by atoms with Crippen LogP contribution >= 0.6 is 11.8 Å². The first-order chi connectivity index (χ1) is 8.92. The SMILES string of the molecule is CSCCCNS(=O)(=O)c1cc(CN)cc(F)c1F. The van der Waals surface area contributed by atoms with Gasteiger partial charge in [0.2, 0.25) is 10.0 Å². The van der Waals surface area contributed by atoms with Crippen LogP contribution in [0, 0.1) is 11.6 Å². The van der Waals surface area contributed by atoms with Gasteiger partial charge in [0.25, 0.3) is 0 Å². The van der Waals surface area contributed by atoms with Crippen LogP contribution in [0.1, 0.15) is 12.0 Å². The Morgan fingerprint density at radius 3 is 2.63 bits per heavy atom. The molecule has 8 heteroatoms. The molecule has 0 aliphatic heterocycles. The molecule has 0 atom stereocenters. The van der Waals surface area contributed by atoms with Gasteiger partial charge in [-0.25, -0.2) is 21.9 Å². The van der Waals surface area contributed by atoms with Gasteiger partial charge in [0, 0.05) is 13.1 Å². The standard InChI is InChI=1S/C11H16F2N2O2S2/c1-18-4-2-3-15-19(16,17)10-6-8(7-14)5-9(12)11(10)13/h5-6,15H,2-4,7,14H2,1H3. The Morgan fingerprint density at radius 2 is 2.05 bits per heavy atom. The molecule has 1 aromatic rings. The summed E-state index contributed by atoms with van der Waals surface area (Å²) in [6.45, 7) is 0.114. The predicted molar refractivity (Wildman–Crippen MR) is 72.4 cm³/mol. The Kier molecular flexibility index (Phi) is 6.18. The fourth-order valence-corrected chi connectivity index (χ4v) is 3.07.